The van der Waals surface area contributed by atoms with E-state index < -0.39 is 0 Å². The molecule has 4 nitrogen and oxygen atoms in total. The second-order valence-electron chi connectivity index (χ2n) is 2.22. The van der Waals surface area contributed by atoms with Crippen LogP contribution in [0.1, 0.15) is 23.8 Å². The minimum Gasteiger partial charge on any atom is -0.350 e. The fraction of sp³-hybridized carbons (Fsp3) is 0.375. The largest absolute Gasteiger partial charge is 0.350 e. The van der Waals surface area contributed by atoms with E-state index in [9.17, 15) is 4.79 Å². The molecule has 0 saturated carbocycles. The molecule has 0 unspecified atom stereocenters. The van der Waals surface area contributed by atoms with Crippen molar-refractivity contribution in [3.05, 3.63) is 11.1 Å². The third-order valence-corrected chi connectivity index (χ3v) is 1.81. The monoisotopic (exact) mass is 195 g/mol. The van der Waals surface area contributed by atoms with Crippen LogP contribution in [0.15, 0.2) is 5.38 Å². The molecule has 1 amide bonds. The summed E-state index contributed by atoms with van der Waals surface area (Å²) in [7, 11) is 0. The number of amides is 1. The molecule has 1 rings (SSSR count). The van der Waals surface area contributed by atoms with E-state index in [1.54, 1.807) is 12.3 Å². The summed E-state index contributed by atoms with van der Waals surface area (Å²) in [5.41, 5.74) is 0.370. The number of rotatable bonds is 3. The molecule has 0 saturated heterocycles. The van der Waals surface area contributed by atoms with E-state index in [4.69, 9.17) is 0 Å². The van der Waals surface area contributed by atoms with Crippen molar-refractivity contribution in [3.63, 3.8) is 0 Å². The lowest BCUT2D eigenvalue weighted by atomic mass is 10.4. The Morgan fingerprint density at radius 3 is 3.23 bits per heavy atom. The summed E-state index contributed by atoms with van der Waals surface area (Å²) in [6.45, 7) is 2.32. The number of carbonyl (C=O) groups is 1. The molecule has 0 bridgehead atoms. The number of hydrogen-bond acceptors (Lipinski definition) is 4. The second-order valence-corrected chi connectivity index (χ2v) is 2.83. The van der Waals surface area contributed by atoms with Gasteiger partial charge in [0, 0.05) is 18.3 Å². The van der Waals surface area contributed by atoms with Crippen molar-refractivity contribution in [3.8, 4) is 11.8 Å². The summed E-state index contributed by atoms with van der Waals surface area (Å²) in [5, 5.41) is 7.93. The molecule has 0 atom stereocenters. The minimum atomic E-state index is -0.188. The first-order valence-electron chi connectivity index (χ1n) is 3.79. The molecule has 5 heteroatoms. The van der Waals surface area contributed by atoms with Gasteiger partial charge < -0.3 is 5.32 Å². The Hall–Kier alpha value is -1.41. The third kappa shape index (κ3) is 3.22. The summed E-state index contributed by atoms with van der Waals surface area (Å²) in [5.74, 6) is 5.41. The van der Waals surface area contributed by atoms with E-state index in [0.717, 1.165) is 11.5 Å². The van der Waals surface area contributed by atoms with Crippen molar-refractivity contribution in [2.75, 3.05) is 6.54 Å². The van der Waals surface area contributed by atoms with Crippen LogP contribution in [0.2, 0.25) is 0 Å². The molecule has 1 N–H and O–H groups in total. The third-order valence-electron chi connectivity index (χ3n) is 1.31. The van der Waals surface area contributed by atoms with Gasteiger partial charge in [-0.15, -0.1) is 16.9 Å². The van der Waals surface area contributed by atoms with E-state index >= 15 is 0 Å². The van der Waals surface area contributed by atoms with Gasteiger partial charge in [0.2, 0.25) is 0 Å². The number of nitrogens with one attached hydrogen (secondary N) is 1. The molecule has 0 radical (unpaired) electrons. The number of nitrogens with zero attached hydrogens (tertiary/aromatic N) is 2. The summed E-state index contributed by atoms with van der Waals surface area (Å²) in [6.07, 6.45) is 0.666. The molecule has 0 aromatic carbocycles. The van der Waals surface area contributed by atoms with E-state index in [1.165, 1.54) is 0 Å². The van der Waals surface area contributed by atoms with Gasteiger partial charge in [-0.05, 0) is 18.5 Å². The van der Waals surface area contributed by atoms with Gasteiger partial charge in [-0.1, -0.05) is 4.49 Å². The Kier molecular flexibility index (Phi) is 3.93. The van der Waals surface area contributed by atoms with E-state index in [-0.39, 0.29) is 5.91 Å². The van der Waals surface area contributed by atoms with E-state index in [2.05, 4.69) is 26.7 Å². The Morgan fingerprint density at radius 1 is 1.77 bits per heavy atom. The number of aromatic nitrogens is 2. The van der Waals surface area contributed by atoms with Crippen molar-refractivity contribution in [2.24, 2.45) is 0 Å². The molecule has 1 heterocycles. The fourth-order valence-electron chi connectivity index (χ4n) is 0.718. The SMILES string of the molecule is CC#CCCNC(=O)c1csnn1. The maximum atomic E-state index is 11.2. The van der Waals surface area contributed by atoms with Crippen LogP contribution in [-0.2, 0) is 0 Å². The van der Waals surface area contributed by atoms with Crippen LogP contribution >= 0.6 is 11.5 Å². The van der Waals surface area contributed by atoms with Crippen LogP contribution in [0.4, 0.5) is 0 Å². The lowest BCUT2D eigenvalue weighted by Gasteiger charge is -1.97. The highest BCUT2D eigenvalue weighted by molar-refractivity contribution is 7.03. The zero-order valence-corrected chi connectivity index (χ0v) is 8.02. The smallest absolute Gasteiger partial charge is 0.272 e. The summed E-state index contributed by atoms with van der Waals surface area (Å²) in [6, 6.07) is 0. The molecule has 13 heavy (non-hydrogen) atoms. The van der Waals surface area contributed by atoms with Crippen molar-refractivity contribution >= 4 is 17.4 Å². The average Bonchev–Trinajstić information content (AvgIpc) is 2.65. The maximum Gasteiger partial charge on any atom is 0.272 e. The Bertz CT molecular complexity index is 323. The van der Waals surface area contributed by atoms with E-state index in [0.29, 0.717) is 18.7 Å². The highest BCUT2D eigenvalue weighted by Gasteiger charge is 2.06. The summed E-state index contributed by atoms with van der Waals surface area (Å²) < 4.78 is 3.59. The van der Waals surface area contributed by atoms with Crippen LogP contribution in [-0.4, -0.2) is 22.0 Å². The van der Waals surface area contributed by atoms with Gasteiger partial charge in [0.15, 0.2) is 5.69 Å². The standard InChI is InChI=1S/C8H9N3OS/c1-2-3-4-5-9-8(12)7-6-13-11-10-7/h6H,4-5H2,1H3,(H,9,12). The topological polar surface area (TPSA) is 54.9 Å². The summed E-state index contributed by atoms with van der Waals surface area (Å²) >= 11 is 1.16. The molecule has 0 aliphatic carbocycles. The molecule has 0 aliphatic rings. The van der Waals surface area contributed by atoms with Crippen molar-refractivity contribution in [1.29, 1.82) is 0 Å². The quantitative estimate of drug-likeness (QED) is 0.570. The molecule has 1 aromatic rings. The number of hydrogen-bond donors (Lipinski definition) is 1. The first-order chi connectivity index (χ1) is 6.34. The Morgan fingerprint density at radius 2 is 2.62 bits per heavy atom. The van der Waals surface area contributed by atoms with Crippen LogP contribution in [0.5, 0.6) is 0 Å². The van der Waals surface area contributed by atoms with Crippen LogP contribution in [0, 0.1) is 11.8 Å². The molecular formula is C8H9N3OS. The van der Waals surface area contributed by atoms with Gasteiger partial charge in [0.05, 0.1) is 0 Å². The first kappa shape index (κ1) is 9.68. The van der Waals surface area contributed by atoms with Gasteiger partial charge >= 0.3 is 0 Å². The van der Waals surface area contributed by atoms with Crippen LogP contribution in [0.3, 0.4) is 0 Å². The zero-order chi connectivity index (χ0) is 9.52. The molecule has 0 aliphatic heterocycles. The second kappa shape index (κ2) is 5.27. The highest BCUT2D eigenvalue weighted by Crippen LogP contribution is 1.95. The lowest BCUT2D eigenvalue weighted by Crippen LogP contribution is -2.24. The fourth-order valence-corrected chi connectivity index (χ4v) is 1.15. The van der Waals surface area contributed by atoms with Gasteiger partial charge in [-0.2, -0.15) is 0 Å². The van der Waals surface area contributed by atoms with Gasteiger partial charge in [-0.3, -0.25) is 4.79 Å². The molecule has 1 aromatic heterocycles. The average molecular weight is 195 g/mol. The predicted molar refractivity (Wildman–Crippen MR) is 50.3 cm³/mol. The van der Waals surface area contributed by atoms with Crippen LogP contribution < -0.4 is 5.32 Å². The van der Waals surface area contributed by atoms with Crippen molar-refractivity contribution < 1.29 is 4.79 Å². The molecular weight excluding hydrogens is 186 g/mol. The van der Waals surface area contributed by atoms with Crippen molar-refractivity contribution in [2.45, 2.75) is 13.3 Å². The van der Waals surface area contributed by atoms with Gasteiger partial charge in [0.25, 0.3) is 5.91 Å². The van der Waals surface area contributed by atoms with Crippen LogP contribution in [0.25, 0.3) is 0 Å². The van der Waals surface area contributed by atoms with Gasteiger partial charge in [0.1, 0.15) is 0 Å². The Balaban J connectivity index is 2.29. The normalized spacial score (nSPS) is 8.69. The Labute approximate surface area is 80.5 Å². The number of carbonyl (C=O) groups excluding carboxylic acids is 1. The van der Waals surface area contributed by atoms with Gasteiger partial charge in [-0.25, -0.2) is 0 Å². The zero-order valence-electron chi connectivity index (χ0n) is 7.20. The first-order valence-corrected chi connectivity index (χ1v) is 4.63. The summed E-state index contributed by atoms with van der Waals surface area (Å²) in [4.78, 5) is 11.2. The molecule has 0 spiro atoms. The molecule has 0 fully saturated rings. The molecule has 68 valence electrons. The maximum absolute atomic E-state index is 11.2. The highest BCUT2D eigenvalue weighted by atomic mass is 32.1. The van der Waals surface area contributed by atoms with E-state index in [1.807, 2.05) is 0 Å². The van der Waals surface area contributed by atoms with Crippen molar-refractivity contribution in [1.82, 2.24) is 14.9 Å². The minimum absolute atomic E-state index is 0.188. The lowest BCUT2D eigenvalue weighted by molar-refractivity contribution is 0.0949. The predicted octanol–water partition coefficient (Wildman–Crippen LogP) is 0.681.